The number of hydrogen-bond donors (Lipinski definition) is 3. The second kappa shape index (κ2) is 7.82. The maximum Gasteiger partial charge on any atom is 0.315 e. The summed E-state index contributed by atoms with van der Waals surface area (Å²) in [5.74, 6) is 0.826. The van der Waals surface area contributed by atoms with E-state index in [2.05, 4.69) is 10.6 Å². The molecule has 1 unspecified atom stereocenters. The number of rotatable bonds is 6. The number of carbonyl (C=O) groups excluding carboxylic acids is 1. The fraction of sp³-hybridized carbons (Fsp3) is 0.312. The van der Waals surface area contributed by atoms with Crippen molar-refractivity contribution < 1.29 is 14.6 Å². The molecule has 0 saturated carbocycles. The summed E-state index contributed by atoms with van der Waals surface area (Å²) in [5.41, 5.74) is 2.83. The van der Waals surface area contributed by atoms with Gasteiger partial charge in [-0.25, -0.2) is 4.79 Å². The van der Waals surface area contributed by atoms with E-state index in [1.807, 2.05) is 41.9 Å². The highest BCUT2D eigenvalue weighted by atomic mass is 32.1. The maximum absolute atomic E-state index is 11.7. The minimum absolute atomic E-state index is 0.185. The van der Waals surface area contributed by atoms with E-state index in [9.17, 15) is 9.90 Å². The Hall–Kier alpha value is -2.05. The van der Waals surface area contributed by atoms with Gasteiger partial charge in [-0.15, -0.1) is 0 Å². The van der Waals surface area contributed by atoms with Gasteiger partial charge in [-0.1, -0.05) is 12.1 Å². The molecule has 22 heavy (non-hydrogen) atoms. The van der Waals surface area contributed by atoms with Crippen LogP contribution in [0.25, 0.3) is 0 Å². The molecule has 0 bridgehead atoms. The Kier molecular flexibility index (Phi) is 5.80. The molecule has 1 aromatic carbocycles. The Balaban J connectivity index is 1.77. The van der Waals surface area contributed by atoms with Crippen molar-refractivity contribution in [2.24, 2.45) is 0 Å². The lowest BCUT2D eigenvalue weighted by Gasteiger charge is -2.12. The van der Waals surface area contributed by atoms with Crippen LogP contribution in [0.2, 0.25) is 0 Å². The van der Waals surface area contributed by atoms with Gasteiger partial charge < -0.3 is 20.5 Å². The molecule has 3 N–H and O–H groups in total. The van der Waals surface area contributed by atoms with Gasteiger partial charge in [-0.3, -0.25) is 0 Å². The zero-order valence-electron chi connectivity index (χ0n) is 12.6. The number of carbonyl (C=O) groups is 1. The lowest BCUT2D eigenvalue weighted by molar-refractivity contribution is 0.173. The van der Waals surface area contributed by atoms with Crippen LogP contribution in [0.5, 0.6) is 5.75 Å². The molecule has 1 atom stereocenters. The molecule has 1 heterocycles. The van der Waals surface area contributed by atoms with Crippen molar-refractivity contribution in [3.8, 4) is 5.75 Å². The summed E-state index contributed by atoms with van der Waals surface area (Å²) in [6, 6.07) is 7.30. The van der Waals surface area contributed by atoms with Crippen LogP contribution in [0.15, 0.2) is 35.0 Å². The van der Waals surface area contributed by atoms with Crippen LogP contribution in [0, 0.1) is 6.92 Å². The number of ether oxygens (including phenoxy) is 1. The number of aryl methyl sites for hydroxylation is 1. The summed E-state index contributed by atoms with van der Waals surface area (Å²) < 4.78 is 5.20. The third kappa shape index (κ3) is 4.47. The van der Waals surface area contributed by atoms with Crippen molar-refractivity contribution in [3.63, 3.8) is 0 Å². The van der Waals surface area contributed by atoms with Gasteiger partial charge in [0.25, 0.3) is 0 Å². The summed E-state index contributed by atoms with van der Waals surface area (Å²) in [5, 5.41) is 19.1. The maximum atomic E-state index is 11.7. The van der Waals surface area contributed by atoms with Crippen molar-refractivity contribution in [1.82, 2.24) is 10.6 Å². The number of methoxy groups -OCH3 is 1. The Labute approximate surface area is 133 Å². The van der Waals surface area contributed by atoms with Gasteiger partial charge in [0.1, 0.15) is 5.75 Å². The summed E-state index contributed by atoms with van der Waals surface area (Å²) in [6.07, 6.45) is -0.680. The summed E-state index contributed by atoms with van der Waals surface area (Å²) in [6.45, 7) is 2.56. The molecule has 0 radical (unpaired) electrons. The van der Waals surface area contributed by atoms with E-state index in [0.29, 0.717) is 6.54 Å². The Morgan fingerprint density at radius 3 is 2.82 bits per heavy atom. The average molecular weight is 320 g/mol. The lowest BCUT2D eigenvalue weighted by atomic mass is 10.1. The highest BCUT2D eigenvalue weighted by molar-refractivity contribution is 7.07. The molecule has 0 aliphatic carbocycles. The van der Waals surface area contributed by atoms with E-state index in [1.54, 1.807) is 7.11 Å². The third-order valence-electron chi connectivity index (χ3n) is 3.30. The normalized spacial score (nSPS) is 11.8. The zero-order valence-corrected chi connectivity index (χ0v) is 13.4. The van der Waals surface area contributed by atoms with Gasteiger partial charge in [-0.2, -0.15) is 11.3 Å². The van der Waals surface area contributed by atoms with Gasteiger partial charge in [-0.05, 0) is 46.5 Å². The van der Waals surface area contributed by atoms with E-state index in [1.165, 1.54) is 11.3 Å². The second-order valence-corrected chi connectivity index (χ2v) is 5.72. The molecule has 2 amide bonds. The van der Waals surface area contributed by atoms with Gasteiger partial charge in [0.05, 0.1) is 13.2 Å². The first kappa shape index (κ1) is 16.3. The molecule has 2 aromatic rings. The first-order valence-corrected chi connectivity index (χ1v) is 7.90. The monoisotopic (exact) mass is 320 g/mol. The molecule has 0 fully saturated rings. The molecule has 1 aromatic heterocycles. The van der Waals surface area contributed by atoms with Crippen LogP contribution in [0.1, 0.15) is 22.8 Å². The summed E-state index contributed by atoms with van der Waals surface area (Å²) in [7, 11) is 1.63. The largest absolute Gasteiger partial charge is 0.496 e. The topological polar surface area (TPSA) is 70.6 Å². The van der Waals surface area contributed by atoms with Gasteiger partial charge in [0.2, 0.25) is 0 Å². The molecule has 0 aliphatic rings. The van der Waals surface area contributed by atoms with Crippen LogP contribution in [0.3, 0.4) is 0 Å². The number of nitrogens with one attached hydrogen (secondary N) is 2. The van der Waals surface area contributed by atoms with Crippen molar-refractivity contribution in [1.29, 1.82) is 0 Å². The minimum atomic E-state index is -0.680. The number of aliphatic hydroxyl groups excluding tert-OH is 1. The zero-order chi connectivity index (χ0) is 15.9. The smallest absolute Gasteiger partial charge is 0.315 e. The van der Waals surface area contributed by atoms with Crippen molar-refractivity contribution >= 4 is 17.4 Å². The number of aliphatic hydroxyl groups is 1. The number of benzene rings is 1. The highest BCUT2D eigenvalue weighted by Gasteiger charge is 2.09. The Bertz CT molecular complexity index is 614. The summed E-state index contributed by atoms with van der Waals surface area (Å²) >= 11 is 1.52. The van der Waals surface area contributed by atoms with Crippen molar-refractivity contribution in [2.75, 3.05) is 13.7 Å². The molecule has 0 saturated heterocycles. The Morgan fingerprint density at radius 2 is 2.18 bits per heavy atom. The van der Waals surface area contributed by atoms with E-state index in [4.69, 9.17) is 4.74 Å². The molecule has 2 rings (SSSR count). The van der Waals surface area contributed by atoms with Crippen molar-refractivity contribution in [2.45, 2.75) is 19.6 Å². The van der Waals surface area contributed by atoms with Crippen LogP contribution in [-0.2, 0) is 6.54 Å². The van der Waals surface area contributed by atoms with Crippen molar-refractivity contribution in [3.05, 3.63) is 51.7 Å². The fourth-order valence-electron chi connectivity index (χ4n) is 2.07. The fourth-order valence-corrected chi connectivity index (χ4v) is 2.77. The van der Waals surface area contributed by atoms with Gasteiger partial charge in [0, 0.05) is 13.1 Å². The van der Waals surface area contributed by atoms with Crippen LogP contribution in [-0.4, -0.2) is 24.8 Å². The third-order valence-corrected chi connectivity index (χ3v) is 4.00. The van der Waals surface area contributed by atoms with E-state index >= 15 is 0 Å². The number of amides is 2. The number of thiophene rings is 1. The Morgan fingerprint density at radius 1 is 1.36 bits per heavy atom. The quantitative estimate of drug-likeness (QED) is 0.766. The molecular formula is C16H20N2O3S. The van der Waals surface area contributed by atoms with E-state index in [-0.39, 0.29) is 12.6 Å². The minimum Gasteiger partial charge on any atom is -0.496 e. The first-order valence-electron chi connectivity index (χ1n) is 6.95. The lowest BCUT2D eigenvalue weighted by Crippen LogP contribution is -2.37. The van der Waals surface area contributed by atoms with E-state index in [0.717, 1.165) is 22.4 Å². The molecule has 6 heteroatoms. The number of urea groups is 1. The SMILES string of the molecule is COc1ccc(CNC(=O)NCC(O)c2ccsc2)cc1C. The average Bonchev–Trinajstić information content (AvgIpc) is 3.05. The van der Waals surface area contributed by atoms with Crippen LogP contribution >= 0.6 is 11.3 Å². The highest BCUT2D eigenvalue weighted by Crippen LogP contribution is 2.18. The van der Waals surface area contributed by atoms with Crippen LogP contribution < -0.4 is 15.4 Å². The molecule has 0 spiro atoms. The first-order chi connectivity index (χ1) is 10.6. The van der Waals surface area contributed by atoms with Gasteiger partial charge >= 0.3 is 6.03 Å². The molecule has 0 aliphatic heterocycles. The summed E-state index contributed by atoms with van der Waals surface area (Å²) in [4.78, 5) is 11.7. The van der Waals surface area contributed by atoms with Gasteiger partial charge in [0.15, 0.2) is 0 Å². The molecule has 118 valence electrons. The molecular weight excluding hydrogens is 300 g/mol. The standard InChI is InChI=1S/C16H20N2O3S/c1-11-7-12(3-4-15(11)21-2)8-17-16(20)18-9-14(19)13-5-6-22-10-13/h3-7,10,14,19H,8-9H2,1-2H3,(H2,17,18,20). The molecule has 5 nitrogen and oxygen atoms in total. The predicted molar refractivity (Wildman–Crippen MR) is 87.2 cm³/mol. The van der Waals surface area contributed by atoms with E-state index < -0.39 is 6.10 Å². The second-order valence-electron chi connectivity index (χ2n) is 4.94. The number of hydrogen-bond acceptors (Lipinski definition) is 4. The predicted octanol–water partition coefficient (Wildman–Crippen LogP) is 2.60. The van der Waals surface area contributed by atoms with Crippen LogP contribution in [0.4, 0.5) is 4.79 Å².